The molecule has 0 nitrogen and oxygen atoms in total. The average Bonchev–Trinajstić information content (AvgIpc) is 2.66. The summed E-state index contributed by atoms with van der Waals surface area (Å²) in [7, 11) is 0. The molecule has 0 atom stereocenters. The minimum atomic E-state index is 0.978. The first-order valence-corrected chi connectivity index (χ1v) is 7.24. The lowest BCUT2D eigenvalue weighted by Gasteiger charge is -2.03. The van der Waals surface area contributed by atoms with E-state index in [4.69, 9.17) is 0 Å². The molecule has 0 bridgehead atoms. The second kappa shape index (κ2) is 5.18. The normalized spacial score (nSPS) is 10.8. The highest BCUT2D eigenvalue weighted by Gasteiger charge is 2.08. The standard InChI is InChI=1S/C18H15Br/c1-13-5-7-15-8-9-16(18(15)10-6-13)11-14-3-2-4-17(19)12-14/h2-10,12H,11H2,1H3. The molecule has 0 fully saturated rings. The predicted molar refractivity (Wildman–Crippen MR) is 84.7 cm³/mol. The maximum absolute atomic E-state index is 3.53. The van der Waals surface area contributed by atoms with Crippen molar-refractivity contribution in [3.05, 3.63) is 81.8 Å². The van der Waals surface area contributed by atoms with Crippen LogP contribution in [0.25, 0.3) is 11.1 Å². The van der Waals surface area contributed by atoms with Gasteiger partial charge in [0.1, 0.15) is 0 Å². The van der Waals surface area contributed by atoms with Crippen LogP contribution in [-0.4, -0.2) is 0 Å². The molecule has 1 aromatic carbocycles. The Morgan fingerprint density at radius 1 is 0.895 bits per heavy atom. The van der Waals surface area contributed by atoms with Gasteiger partial charge in [0.05, 0.1) is 0 Å². The molecule has 0 radical (unpaired) electrons. The van der Waals surface area contributed by atoms with Gasteiger partial charge >= 0.3 is 0 Å². The average molecular weight is 311 g/mol. The van der Waals surface area contributed by atoms with Gasteiger partial charge in [0, 0.05) is 4.47 Å². The fraction of sp³-hybridized carbons (Fsp3) is 0.111. The summed E-state index contributed by atoms with van der Waals surface area (Å²) < 4.78 is 1.14. The van der Waals surface area contributed by atoms with Gasteiger partial charge in [0.15, 0.2) is 0 Å². The fourth-order valence-electron chi connectivity index (χ4n) is 2.42. The molecule has 0 saturated heterocycles. The Labute approximate surface area is 122 Å². The Morgan fingerprint density at radius 3 is 2.53 bits per heavy atom. The van der Waals surface area contributed by atoms with Crippen LogP contribution in [0.15, 0.2) is 65.1 Å². The molecule has 0 spiro atoms. The third-order valence-electron chi connectivity index (χ3n) is 3.44. The lowest BCUT2D eigenvalue weighted by atomic mass is 10.0. The van der Waals surface area contributed by atoms with E-state index in [2.05, 4.69) is 83.5 Å². The maximum Gasteiger partial charge on any atom is 0.0178 e. The SMILES string of the molecule is Cc1ccc2ccc(Cc3cccc(Br)c3)c-2cc1. The quantitative estimate of drug-likeness (QED) is 0.590. The molecular formula is C18H15Br. The topological polar surface area (TPSA) is 0 Å². The molecule has 19 heavy (non-hydrogen) atoms. The molecule has 94 valence electrons. The zero-order valence-corrected chi connectivity index (χ0v) is 12.4. The van der Waals surface area contributed by atoms with E-state index in [0.717, 1.165) is 10.9 Å². The number of rotatable bonds is 2. The first kappa shape index (κ1) is 12.4. The summed E-state index contributed by atoms with van der Waals surface area (Å²) in [5, 5.41) is 0. The molecule has 0 unspecified atom stereocenters. The molecule has 0 heterocycles. The Hall–Kier alpha value is -1.60. The van der Waals surface area contributed by atoms with E-state index in [1.54, 1.807) is 0 Å². The van der Waals surface area contributed by atoms with E-state index in [1.165, 1.54) is 27.8 Å². The Kier molecular flexibility index (Phi) is 3.39. The molecular weight excluding hydrogens is 296 g/mol. The van der Waals surface area contributed by atoms with Crippen LogP contribution in [0.1, 0.15) is 16.7 Å². The minimum absolute atomic E-state index is 0.978. The van der Waals surface area contributed by atoms with Gasteiger partial charge in [0.25, 0.3) is 0 Å². The second-order valence-electron chi connectivity index (χ2n) is 4.94. The molecule has 0 N–H and O–H groups in total. The van der Waals surface area contributed by atoms with Crippen LogP contribution in [-0.2, 0) is 6.42 Å². The van der Waals surface area contributed by atoms with E-state index in [1.807, 2.05) is 0 Å². The molecule has 1 heteroatoms. The van der Waals surface area contributed by atoms with Crippen molar-refractivity contribution in [1.29, 1.82) is 0 Å². The van der Waals surface area contributed by atoms with Crippen molar-refractivity contribution in [2.24, 2.45) is 0 Å². The molecule has 3 rings (SSSR count). The summed E-state index contributed by atoms with van der Waals surface area (Å²) in [6.45, 7) is 2.13. The summed E-state index contributed by atoms with van der Waals surface area (Å²) in [6.07, 6.45) is 0.978. The van der Waals surface area contributed by atoms with Gasteiger partial charge in [-0.1, -0.05) is 70.0 Å². The van der Waals surface area contributed by atoms with Crippen LogP contribution >= 0.6 is 15.9 Å². The third-order valence-corrected chi connectivity index (χ3v) is 3.94. The van der Waals surface area contributed by atoms with Gasteiger partial charge in [-0.2, -0.15) is 0 Å². The van der Waals surface area contributed by atoms with Gasteiger partial charge in [-0.25, -0.2) is 0 Å². The van der Waals surface area contributed by atoms with E-state index in [0.29, 0.717) is 0 Å². The molecule has 2 aliphatic rings. The van der Waals surface area contributed by atoms with Crippen molar-refractivity contribution in [2.75, 3.05) is 0 Å². The lowest BCUT2D eigenvalue weighted by Crippen LogP contribution is -1.87. The van der Waals surface area contributed by atoms with Crippen molar-refractivity contribution < 1.29 is 0 Å². The largest absolute Gasteiger partial charge is 0.0609 e. The van der Waals surface area contributed by atoms with Gasteiger partial charge < -0.3 is 0 Å². The first-order chi connectivity index (χ1) is 9.22. The van der Waals surface area contributed by atoms with Gasteiger partial charge in [0.2, 0.25) is 0 Å². The van der Waals surface area contributed by atoms with Crippen LogP contribution < -0.4 is 0 Å². The second-order valence-corrected chi connectivity index (χ2v) is 5.86. The van der Waals surface area contributed by atoms with Crippen molar-refractivity contribution in [1.82, 2.24) is 0 Å². The van der Waals surface area contributed by atoms with E-state index < -0.39 is 0 Å². The summed E-state index contributed by atoms with van der Waals surface area (Å²) in [6, 6.07) is 21.8. The zero-order valence-electron chi connectivity index (χ0n) is 10.9. The Bertz CT molecular complexity index is 685. The smallest absolute Gasteiger partial charge is 0.0178 e. The van der Waals surface area contributed by atoms with Crippen molar-refractivity contribution >= 4 is 15.9 Å². The fourth-order valence-corrected chi connectivity index (χ4v) is 2.86. The first-order valence-electron chi connectivity index (χ1n) is 6.45. The zero-order chi connectivity index (χ0) is 13.2. The van der Waals surface area contributed by atoms with E-state index in [-0.39, 0.29) is 0 Å². The number of hydrogen-bond donors (Lipinski definition) is 0. The molecule has 0 aliphatic heterocycles. The van der Waals surface area contributed by atoms with Crippen molar-refractivity contribution in [3.63, 3.8) is 0 Å². The van der Waals surface area contributed by atoms with Crippen LogP contribution in [0.5, 0.6) is 0 Å². The Balaban J connectivity index is 1.99. The molecule has 0 aromatic heterocycles. The maximum atomic E-state index is 3.53. The van der Waals surface area contributed by atoms with Crippen LogP contribution in [0, 0.1) is 6.92 Å². The van der Waals surface area contributed by atoms with Crippen LogP contribution in [0.3, 0.4) is 0 Å². The van der Waals surface area contributed by atoms with Crippen LogP contribution in [0.2, 0.25) is 0 Å². The molecule has 1 aromatic rings. The summed E-state index contributed by atoms with van der Waals surface area (Å²) in [5.74, 6) is 0. The number of aryl methyl sites for hydroxylation is 1. The molecule has 2 aliphatic carbocycles. The van der Waals surface area contributed by atoms with E-state index >= 15 is 0 Å². The van der Waals surface area contributed by atoms with Gasteiger partial charge in [-0.05, 0) is 47.7 Å². The summed E-state index contributed by atoms with van der Waals surface area (Å²) >= 11 is 3.53. The number of benzene rings is 1. The van der Waals surface area contributed by atoms with Crippen LogP contribution in [0.4, 0.5) is 0 Å². The van der Waals surface area contributed by atoms with Crippen molar-refractivity contribution in [2.45, 2.75) is 13.3 Å². The highest BCUT2D eigenvalue weighted by atomic mass is 79.9. The molecule has 0 saturated carbocycles. The van der Waals surface area contributed by atoms with Crippen molar-refractivity contribution in [3.8, 4) is 11.1 Å². The highest BCUT2D eigenvalue weighted by molar-refractivity contribution is 9.10. The highest BCUT2D eigenvalue weighted by Crippen LogP contribution is 2.29. The summed E-state index contributed by atoms with van der Waals surface area (Å²) in [4.78, 5) is 0. The molecule has 0 amide bonds. The number of halogens is 1. The predicted octanol–water partition coefficient (Wildman–Crippen LogP) is 5.45. The van der Waals surface area contributed by atoms with E-state index in [9.17, 15) is 0 Å². The summed E-state index contributed by atoms with van der Waals surface area (Å²) in [5.41, 5.74) is 6.70. The minimum Gasteiger partial charge on any atom is -0.0609 e. The Morgan fingerprint density at radius 2 is 1.68 bits per heavy atom. The number of hydrogen-bond acceptors (Lipinski definition) is 0. The lowest BCUT2D eigenvalue weighted by molar-refractivity contribution is 1.21. The van der Waals surface area contributed by atoms with Gasteiger partial charge in [-0.15, -0.1) is 0 Å². The number of fused-ring (bicyclic) bond motifs is 1. The monoisotopic (exact) mass is 310 g/mol. The third kappa shape index (κ3) is 2.71. The van der Waals surface area contributed by atoms with Gasteiger partial charge in [-0.3, -0.25) is 0 Å².